The van der Waals surface area contributed by atoms with Crippen molar-refractivity contribution >= 4 is 17.4 Å². The van der Waals surface area contributed by atoms with Crippen molar-refractivity contribution in [3.8, 4) is 0 Å². The van der Waals surface area contributed by atoms with Crippen molar-refractivity contribution < 1.29 is 22.6 Å². The van der Waals surface area contributed by atoms with Gasteiger partial charge < -0.3 is 11.1 Å². The molecule has 2 rings (SSSR count). The number of hydrogen-bond acceptors (Lipinski definition) is 5. The summed E-state index contributed by atoms with van der Waals surface area (Å²) in [5.41, 5.74) is 3.52. The maximum atomic E-state index is 12.7. The van der Waals surface area contributed by atoms with Crippen molar-refractivity contribution in [1.29, 1.82) is 0 Å². The fourth-order valence-electron chi connectivity index (χ4n) is 1.37. The average molecular weight is 272 g/mol. The number of benzene rings is 1. The summed E-state index contributed by atoms with van der Waals surface area (Å²) in [6, 6.07) is 4.53. The number of amides is 1. The Balaban J connectivity index is 2.30. The minimum atomic E-state index is -4.59. The lowest BCUT2D eigenvalue weighted by atomic mass is 10.1. The Labute approximate surface area is 104 Å². The van der Waals surface area contributed by atoms with Gasteiger partial charge in [0.1, 0.15) is 0 Å². The number of carbonyl (C=O) groups excluding carboxylic acids is 1. The van der Waals surface area contributed by atoms with Gasteiger partial charge in [-0.2, -0.15) is 13.2 Å². The van der Waals surface area contributed by atoms with E-state index in [0.29, 0.717) is 0 Å². The zero-order valence-corrected chi connectivity index (χ0v) is 9.23. The first kappa shape index (κ1) is 12.9. The van der Waals surface area contributed by atoms with Crippen LogP contribution in [0.1, 0.15) is 16.1 Å². The van der Waals surface area contributed by atoms with Crippen molar-refractivity contribution in [1.82, 2.24) is 10.3 Å². The lowest BCUT2D eigenvalue weighted by Gasteiger charge is -2.12. The molecular formula is C10H7F3N4O2. The van der Waals surface area contributed by atoms with Crippen LogP contribution in [0.3, 0.4) is 0 Å². The first-order chi connectivity index (χ1) is 8.89. The second kappa shape index (κ2) is 4.59. The molecule has 3 N–H and O–H groups in total. The zero-order valence-electron chi connectivity index (χ0n) is 9.23. The Morgan fingerprint density at radius 3 is 2.53 bits per heavy atom. The summed E-state index contributed by atoms with van der Waals surface area (Å²) < 4.78 is 42.3. The van der Waals surface area contributed by atoms with Crippen LogP contribution in [0.2, 0.25) is 0 Å². The molecule has 0 aliphatic heterocycles. The van der Waals surface area contributed by atoms with Crippen LogP contribution in [0.4, 0.5) is 24.7 Å². The van der Waals surface area contributed by atoms with E-state index in [2.05, 4.69) is 20.3 Å². The predicted molar refractivity (Wildman–Crippen MR) is 58.1 cm³/mol. The van der Waals surface area contributed by atoms with Crippen molar-refractivity contribution in [2.45, 2.75) is 6.18 Å². The second-order valence-electron chi connectivity index (χ2n) is 3.50. The third-order valence-corrected chi connectivity index (χ3v) is 2.21. The molecule has 0 bridgehead atoms. The molecule has 6 nitrogen and oxygen atoms in total. The SMILES string of the molecule is Nc1nonc1C(=O)Nc1ccccc1C(F)(F)F. The lowest BCUT2D eigenvalue weighted by molar-refractivity contribution is -0.136. The molecule has 2 aromatic rings. The van der Waals surface area contributed by atoms with Crippen LogP contribution in [0, 0.1) is 0 Å². The van der Waals surface area contributed by atoms with Crippen molar-refractivity contribution in [3.05, 3.63) is 35.5 Å². The van der Waals surface area contributed by atoms with E-state index in [1.807, 2.05) is 0 Å². The van der Waals surface area contributed by atoms with Crippen molar-refractivity contribution in [3.63, 3.8) is 0 Å². The molecule has 0 saturated carbocycles. The molecule has 0 spiro atoms. The number of nitrogens with zero attached hydrogens (tertiary/aromatic N) is 2. The molecule has 0 unspecified atom stereocenters. The summed E-state index contributed by atoms with van der Waals surface area (Å²) in [7, 11) is 0. The predicted octanol–water partition coefficient (Wildman–Crippen LogP) is 1.92. The fourth-order valence-corrected chi connectivity index (χ4v) is 1.37. The average Bonchev–Trinajstić information content (AvgIpc) is 2.75. The monoisotopic (exact) mass is 272 g/mol. The van der Waals surface area contributed by atoms with Crippen molar-refractivity contribution in [2.24, 2.45) is 0 Å². The van der Waals surface area contributed by atoms with Crippen LogP contribution >= 0.6 is 0 Å². The largest absolute Gasteiger partial charge is 0.418 e. The van der Waals surface area contributed by atoms with Gasteiger partial charge >= 0.3 is 6.18 Å². The smallest absolute Gasteiger partial charge is 0.379 e. The van der Waals surface area contributed by atoms with E-state index in [1.54, 1.807) is 0 Å². The van der Waals surface area contributed by atoms with E-state index in [1.165, 1.54) is 12.1 Å². The Bertz CT molecular complexity index is 609. The number of nitrogen functional groups attached to an aromatic ring is 1. The molecule has 0 saturated heterocycles. The first-order valence-corrected chi connectivity index (χ1v) is 4.95. The Morgan fingerprint density at radius 2 is 1.95 bits per heavy atom. The van der Waals surface area contributed by atoms with Gasteiger partial charge in [-0.05, 0) is 22.4 Å². The van der Waals surface area contributed by atoms with Gasteiger partial charge in [-0.3, -0.25) is 4.79 Å². The zero-order chi connectivity index (χ0) is 14.0. The molecule has 1 heterocycles. The summed E-state index contributed by atoms with van der Waals surface area (Å²) in [5, 5.41) is 8.42. The van der Waals surface area contributed by atoms with Gasteiger partial charge in [0.25, 0.3) is 5.91 Å². The van der Waals surface area contributed by atoms with E-state index in [9.17, 15) is 18.0 Å². The summed E-state index contributed by atoms with van der Waals surface area (Å²) in [6.45, 7) is 0. The quantitative estimate of drug-likeness (QED) is 0.871. The number of carbonyl (C=O) groups is 1. The summed E-state index contributed by atoms with van der Waals surface area (Å²) in [5.74, 6) is -1.24. The number of anilines is 2. The van der Waals surface area contributed by atoms with Gasteiger partial charge in [0.15, 0.2) is 0 Å². The molecule has 9 heteroatoms. The van der Waals surface area contributed by atoms with Crippen LogP contribution in [-0.4, -0.2) is 16.2 Å². The van der Waals surface area contributed by atoms with E-state index in [4.69, 9.17) is 5.73 Å². The molecule has 1 amide bonds. The van der Waals surface area contributed by atoms with Gasteiger partial charge in [-0.15, -0.1) is 0 Å². The van der Waals surface area contributed by atoms with Crippen LogP contribution in [-0.2, 0) is 6.18 Å². The summed E-state index contributed by atoms with van der Waals surface area (Å²) in [6.07, 6.45) is -4.59. The van der Waals surface area contributed by atoms with Crippen LogP contribution in [0.15, 0.2) is 28.9 Å². The molecule has 100 valence electrons. The number of hydrogen-bond donors (Lipinski definition) is 2. The molecule has 1 aromatic heterocycles. The van der Waals surface area contributed by atoms with E-state index >= 15 is 0 Å². The number of aromatic nitrogens is 2. The van der Waals surface area contributed by atoms with E-state index in [0.717, 1.165) is 12.1 Å². The second-order valence-corrected chi connectivity index (χ2v) is 3.50. The fraction of sp³-hybridized carbons (Fsp3) is 0.100. The Morgan fingerprint density at radius 1 is 1.26 bits per heavy atom. The Hall–Kier alpha value is -2.58. The van der Waals surface area contributed by atoms with E-state index < -0.39 is 23.3 Å². The lowest BCUT2D eigenvalue weighted by Crippen LogP contribution is -2.18. The molecule has 0 fully saturated rings. The number of nitrogens with one attached hydrogen (secondary N) is 1. The summed E-state index contributed by atoms with van der Waals surface area (Å²) >= 11 is 0. The molecule has 0 atom stereocenters. The number of nitrogens with two attached hydrogens (primary N) is 1. The summed E-state index contributed by atoms with van der Waals surface area (Å²) in [4.78, 5) is 11.7. The third kappa shape index (κ3) is 2.64. The van der Waals surface area contributed by atoms with Gasteiger partial charge in [0, 0.05) is 0 Å². The van der Waals surface area contributed by atoms with E-state index in [-0.39, 0.29) is 11.5 Å². The standard InChI is InChI=1S/C10H7F3N4O2/c11-10(12,13)5-3-1-2-4-6(5)15-9(18)7-8(14)17-19-16-7/h1-4H,(H2,14,17)(H,15,18). The molecule has 0 radical (unpaired) electrons. The molecular weight excluding hydrogens is 265 g/mol. The molecule has 1 aromatic carbocycles. The number of alkyl halides is 3. The number of para-hydroxylation sites is 1. The maximum Gasteiger partial charge on any atom is 0.418 e. The minimum Gasteiger partial charge on any atom is -0.379 e. The van der Waals surface area contributed by atoms with Crippen molar-refractivity contribution in [2.75, 3.05) is 11.1 Å². The third-order valence-electron chi connectivity index (χ3n) is 2.21. The van der Waals surface area contributed by atoms with Crippen LogP contribution in [0.5, 0.6) is 0 Å². The molecule has 0 aliphatic rings. The maximum absolute atomic E-state index is 12.7. The highest BCUT2D eigenvalue weighted by Gasteiger charge is 2.34. The molecule has 0 aliphatic carbocycles. The number of halogens is 3. The van der Waals surface area contributed by atoms with Gasteiger partial charge in [-0.1, -0.05) is 12.1 Å². The number of rotatable bonds is 2. The minimum absolute atomic E-state index is 0.304. The van der Waals surface area contributed by atoms with Crippen LogP contribution in [0.25, 0.3) is 0 Å². The Kier molecular flexibility index (Phi) is 3.11. The molecule has 19 heavy (non-hydrogen) atoms. The highest BCUT2D eigenvalue weighted by Crippen LogP contribution is 2.34. The highest BCUT2D eigenvalue weighted by atomic mass is 19.4. The van der Waals surface area contributed by atoms with Crippen LogP contribution < -0.4 is 11.1 Å². The first-order valence-electron chi connectivity index (χ1n) is 4.95. The van der Waals surface area contributed by atoms with Gasteiger partial charge in [0.2, 0.25) is 11.5 Å². The highest BCUT2D eigenvalue weighted by molar-refractivity contribution is 6.05. The topological polar surface area (TPSA) is 94.0 Å². The van der Waals surface area contributed by atoms with Gasteiger partial charge in [0.05, 0.1) is 11.3 Å². The van der Waals surface area contributed by atoms with Gasteiger partial charge in [-0.25, -0.2) is 4.63 Å². The normalized spacial score (nSPS) is 11.3.